The number of amides is 4. The second-order valence-electron chi connectivity index (χ2n) is 14.2. The molecule has 2 aliphatic heterocycles. The van der Waals surface area contributed by atoms with Gasteiger partial charge in [-0.3, -0.25) is 33.7 Å². The third-order valence-corrected chi connectivity index (χ3v) is 12.4. The number of nitrogens with zero attached hydrogens (tertiary/aromatic N) is 3. The molecule has 0 radical (unpaired) electrons. The molecule has 1 fully saturated rings. The Morgan fingerprint density at radius 3 is 1.87 bits per heavy atom. The fourth-order valence-corrected chi connectivity index (χ4v) is 9.65. The second-order valence-corrected chi connectivity index (χ2v) is 15.6. The van der Waals surface area contributed by atoms with Gasteiger partial charge in [-0.15, -0.1) is 11.8 Å². The van der Waals surface area contributed by atoms with Gasteiger partial charge < -0.3 is 0 Å². The van der Waals surface area contributed by atoms with Crippen molar-refractivity contribution in [2.24, 2.45) is 0 Å². The largest absolute Gasteiger partial charge is 0.293 e. The molecule has 1 saturated carbocycles. The lowest BCUT2D eigenvalue weighted by atomic mass is 9.97. The van der Waals surface area contributed by atoms with Crippen molar-refractivity contribution in [2.45, 2.75) is 48.3 Å². The van der Waals surface area contributed by atoms with E-state index in [1.54, 1.807) is 84.6 Å². The Bertz CT molecular complexity index is 2640. The minimum atomic E-state index is -1.23. The topological polar surface area (TPSA) is 122 Å². The van der Waals surface area contributed by atoms with Crippen molar-refractivity contribution < 1.29 is 28.8 Å². The van der Waals surface area contributed by atoms with Crippen molar-refractivity contribution in [1.29, 1.82) is 0 Å². The number of pyridine rings is 1. The number of benzene rings is 5. The molecule has 0 bridgehead atoms. The van der Waals surface area contributed by atoms with E-state index in [1.165, 1.54) is 12.8 Å². The van der Waals surface area contributed by atoms with Gasteiger partial charge in [0.25, 0.3) is 23.6 Å². The summed E-state index contributed by atoms with van der Waals surface area (Å²) >= 11 is 1.73. The molecule has 0 unspecified atom stereocenters. The summed E-state index contributed by atoms with van der Waals surface area (Å²) in [5.74, 6) is -3.88. The Labute approximate surface area is 313 Å². The Morgan fingerprint density at radius 2 is 1.20 bits per heavy atom. The SMILES string of the molecule is O=C1c2cc3ccccc3cc2C(=O)C1c1ccc2c(CN3C(=O)c4ccccc4C3=O)ccc(N3C(=O)c4ccc(SC5CCCC5)cc4C3=O)c2n1. The van der Waals surface area contributed by atoms with Crippen LogP contribution in [0.15, 0.2) is 108 Å². The molecular formula is C44H29N3O6S. The van der Waals surface area contributed by atoms with Gasteiger partial charge in [0.15, 0.2) is 11.6 Å². The molecule has 4 amide bonds. The van der Waals surface area contributed by atoms with Crippen LogP contribution in [-0.4, -0.2) is 50.3 Å². The van der Waals surface area contributed by atoms with Crippen molar-refractivity contribution in [3.8, 4) is 0 Å². The Balaban J connectivity index is 1.08. The maximum Gasteiger partial charge on any atom is 0.266 e. The summed E-state index contributed by atoms with van der Waals surface area (Å²) < 4.78 is 0. The van der Waals surface area contributed by atoms with Crippen LogP contribution in [0.4, 0.5) is 5.69 Å². The molecule has 9 nitrogen and oxygen atoms in total. The van der Waals surface area contributed by atoms with Crippen LogP contribution < -0.4 is 4.90 Å². The minimum Gasteiger partial charge on any atom is -0.293 e. The molecule has 4 aliphatic rings. The number of ketones is 2. The Morgan fingerprint density at radius 1 is 0.593 bits per heavy atom. The number of imide groups is 2. The molecule has 5 aromatic carbocycles. The van der Waals surface area contributed by atoms with Gasteiger partial charge in [-0.1, -0.05) is 61.4 Å². The molecule has 0 spiro atoms. The number of rotatable bonds is 6. The highest BCUT2D eigenvalue weighted by molar-refractivity contribution is 8.00. The normalized spacial score (nSPS) is 17.1. The smallest absolute Gasteiger partial charge is 0.266 e. The summed E-state index contributed by atoms with van der Waals surface area (Å²) in [5, 5.41) is 2.60. The second kappa shape index (κ2) is 12.1. The van der Waals surface area contributed by atoms with E-state index in [1.807, 2.05) is 30.3 Å². The fraction of sp³-hybridized carbons (Fsp3) is 0.159. The quantitative estimate of drug-likeness (QED) is 0.124. The van der Waals surface area contributed by atoms with Crippen LogP contribution in [-0.2, 0) is 6.54 Å². The molecule has 10 heteroatoms. The molecule has 6 aromatic rings. The van der Waals surface area contributed by atoms with Gasteiger partial charge in [0.05, 0.1) is 45.7 Å². The number of thioether (sulfide) groups is 1. The number of hydrogen-bond acceptors (Lipinski definition) is 8. The van der Waals surface area contributed by atoms with Gasteiger partial charge in [0.2, 0.25) is 0 Å². The highest BCUT2D eigenvalue weighted by atomic mass is 32.2. The summed E-state index contributed by atoms with van der Waals surface area (Å²) in [4.78, 5) is 91.0. The molecule has 54 heavy (non-hydrogen) atoms. The van der Waals surface area contributed by atoms with Crippen molar-refractivity contribution in [3.63, 3.8) is 0 Å². The van der Waals surface area contributed by atoms with Gasteiger partial charge in [0.1, 0.15) is 5.92 Å². The van der Waals surface area contributed by atoms with Crippen molar-refractivity contribution in [1.82, 2.24) is 9.88 Å². The van der Waals surface area contributed by atoms with Crippen LogP contribution in [0.1, 0.15) is 105 Å². The van der Waals surface area contributed by atoms with Gasteiger partial charge in [-0.2, -0.15) is 0 Å². The van der Waals surface area contributed by atoms with E-state index >= 15 is 0 Å². The lowest BCUT2D eigenvalue weighted by Gasteiger charge is -2.21. The number of Topliss-reactive ketones (excluding diaryl/α,β-unsaturated/α-hetero) is 2. The highest BCUT2D eigenvalue weighted by Crippen LogP contribution is 2.41. The van der Waals surface area contributed by atoms with E-state index in [0.717, 1.165) is 38.3 Å². The number of hydrogen-bond donors (Lipinski definition) is 0. The van der Waals surface area contributed by atoms with Crippen LogP contribution in [0.5, 0.6) is 0 Å². The zero-order valence-corrected chi connectivity index (χ0v) is 29.5. The van der Waals surface area contributed by atoms with Crippen molar-refractivity contribution in [2.75, 3.05) is 4.90 Å². The van der Waals surface area contributed by atoms with E-state index < -0.39 is 29.5 Å². The lowest BCUT2D eigenvalue weighted by molar-refractivity contribution is 0.0641. The first-order chi connectivity index (χ1) is 26.3. The number of carbonyl (C=O) groups excluding carboxylic acids is 6. The van der Waals surface area contributed by atoms with Crippen LogP contribution in [0, 0.1) is 0 Å². The van der Waals surface area contributed by atoms with Crippen LogP contribution >= 0.6 is 11.8 Å². The standard InChI is InChI=1S/C44H29N3O6S/c48-39-32-19-23-7-1-2-8-24(23)20-33(32)40(49)37(39)35-17-16-28-25(22-46-41(50)29-11-5-6-12-30(29)42(46)51)13-18-36(38(28)45-35)47-43(52)31-15-14-27(21-34(31)44(47)53)54-26-9-3-4-10-26/h1-2,5-8,11-21,26,37H,3-4,9-10,22H2. The predicted molar refractivity (Wildman–Crippen MR) is 203 cm³/mol. The average molecular weight is 728 g/mol. The number of carbonyl (C=O) groups is 6. The van der Waals surface area contributed by atoms with E-state index in [-0.39, 0.29) is 40.6 Å². The fourth-order valence-electron chi connectivity index (χ4n) is 8.37. The summed E-state index contributed by atoms with van der Waals surface area (Å²) in [6.45, 7) is -0.104. The zero-order valence-electron chi connectivity index (χ0n) is 28.7. The summed E-state index contributed by atoms with van der Waals surface area (Å²) in [5.41, 5.74) is 2.90. The summed E-state index contributed by atoms with van der Waals surface area (Å²) in [7, 11) is 0. The van der Waals surface area contributed by atoms with Gasteiger partial charge in [0, 0.05) is 26.7 Å². The molecule has 0 N–H and O–H groups in total. The first-order valence-corrected chi connectivity index (χ1v) is 18.8. The van der Waals surface area contributed by atoms with Crippen LogP contribution in [0.2, 0.25) is 0 Å². The molecule has 10 rings (SSSR count). The third kappa shape index (κ3) is 4.83. The molecular weight excluding hydrogens is 699 g/mol. The molecule has 2 aliphatic carbocycles. The van der Waals surface area contributed by atoms with Crippen LogP contribution in [0.3, 0.4) is 0 Å². The van der Waals surface area contributed by atoms with E-state index in [9.17, 15) is 28.8 Å². The molecule has 3 heterocycles. The van der Waals surface area contributed by atoms with E-state index in [2.05, 4.69) is 0 Å². The van der Waals surface area contributed by atoms with Crippen LogP contribution in [0.25, 0.3) is 21.7 Å². The lowest BCUT2D eigenvalue weighted by Crippen LogP contribution is -2.31. The highest BCUT2D eigenvalue weighted by Gasteiger charge is 2.43. The third-order valence-electron chi connectivity index (χ3n) is 11.1. The van der Waals surface area contributed by atoms with E-state index in [0.29, 0.717) is 44.0 Å². The number of anilines is 1. The molecule has 1 aromatic heterocycles. The van der Waals surface area contributed by atoms with Crippen molar-refractivity contribution in [3.05, 3.63) is 148 Å². The van der Waals surface area contributed by atoms with Gasteiger partial charge in [-0.25, -0.2) is 9.88 Å². The number of aromatic nitrogens is 1. The first kappa shape index (κ1) is 32.4. The molecule has 0 atom stereocenters. The Hall–Kier alpha value is -6.26. The predicted octanol–water partition coefficient (Wildman–Crippen LogP) is 8.18. The zero-order chi connectivity index (χ0) is 36.8. The van der Waals surface area contributed by atoms with Crippen molar-refractivity contribution >= 4 is 74.3 Å². The number of fused-ring (bicyclic) bond motifs is 5. The summed E-state index contributed by atoms with van der Waals surface area (Å²) in [6.07, 6.45) is 4.59. The average Bonchev–Trinajstić information content (AvgIpc) is 3.92. The Kier molecular flexibility index (Phi) is 7.28. The van der Waals surface area contributed by atoms with Gasteiger partial charge in [-0.05, 0) is 83.8 Å². The molecule has 262 valence electrons. The van der Waals surface area contributed by atoms with E-state index in [4.69, 9.17) is 4.98 Å². The minimum absolute atomic E-state index is 0.104. The maximum absolute atomic E-state index is 14.2. The van der Waals surface area contributed by atoms with Gasteiger partial charge >= 0.3 is 0 Å². The summed E-state index contributed by atoms with van der Waals surface area (Å²) in [6, 6.07) is 29.5. The maximum atomic E-state index is 14.2. The first-order valence-electron chi connectivity index (χ1n) is 18.0. The monoisotopic (exact) mass is 727 g/mol. The molecule has 0 saturated heterocycles.